The number of thioether (sulfide) groups is 1. The lowest BCUT2D eigenvalue weighted by molar-refractivity contribution is -0.187. The van der Waals surface area contributed by atoms with Gasteiger partial charge in [-0.3, -0.25) is 9.59 Å². The zero-order chi connectivity index (χ0) is 19.0. The molecule has 2 rings (SSSR count). The molecule has 25 heavy (non-hydrogen) atoms. The Hall–Kier alpha value is -1.98. The highest BCUT2D eigenvalue weighted by atomic mass is 32.2. The highest BCUT2D eigenvalue weighted by molar-refractivity contribution is 8.00. The van der Waals surface area contributed by atoms with E-state index in [4.69, 9.17) is 5.11 Å². The van der Waals surface area contributed by atoms with Crippen molar-refractivity contribution in [3.8, 4) is 0 Å². The van der Waals surface area contributed by atoms with Gasteiger partial charge >= 0.3 is 17.7 Å². The third-order valence-corrected chi connectivity index (χ3v) is 4.31. The Morgan fingerprint density at radius 2 is 1.84 bits per heavy atom. The highest BCUT2D eigenvalue weighted by Gasteiger charge is 2.53. The Morgan fingerprint density at radius 1 is 1.20 bits per heavy atom. The number of hydrogen-bond donors (Lipinski definition) is 1. The summed E-state index contributed by atoms with van der Waals surface area (Å²) in [5.74, 6) is -7.02. The van der Waals surface area contributed by atoms with Gasteiger partial charge in [0.15, 0.2) is 0 Å². The second-order valence-corrected chi connectivity index (χ2v) is 6.26. The van der Waals surface area contributed by atoms with Crippen molar-refractivity contribution < 1.29 is 41.0 Å². The Kier molecular flexibility index (Phi) is 5.21. The van der Waals surface area contributed by atoms with E-state index in [0.29, 0.717) is 4.90 Å². The van der Waals surface area contributed by atoms with Crippen LogP contribution in [0.25, 0.3) is 0 Å². The maximum atomic E-state index is 12.9. The third-order valence-electron chi connectivity index (χ3n) is 3.56. The number of amides is 1. The quantitative estimate of drug-likeness (QED) is 0.637. The lowest BCUT2D eigenvalue weighted by atomic mass is 9.96. The number of carboxylic acid groups (broad SMARTS) is 1. The molecule has 0 saturated carbocycles. The fourth-order valence-electron chi connectivity index (χ4n) is 2.47. The number of alkyl halides is 6. The van der Waals surface area contributed by atoms with Gasteiger partial charge in [-0.05, 0) is 12.1 Å². The van der Waals surface area contributed by atoms with Crippen molar-refractivity contribution in [3.05, 3.63) is 23.9 Å². The van der Waals surface area contributed by atoms with Gasteiger partial charge < -0.3 is 10.0 Å². The third kappa shape index (κ3) is 4.55. The van der Waals surface area contributed by atoms with Crippen LogP contribution in [0.1, 0.15) is 10.4 Å². The van der Waals surface area contributed by atoms with Crippen LogP contribution >= 0.6 is 11.8 Å². The minimum atomic E-state index is -4.85. The fourth-order valence-corrected chi connectivity index (χ4v) is 3.06. The van der Waals surface area contributed by atoms with Crippen molar-refractivity contribution in [3.63, 3.8) is 0 Å². The van der Waals surface area contributed by atoms with Crippen LogP contribution in [-0.2, 0) is 4.79 Å². The van der Waals surface area contributed by atoms with Crippen molar-refractivity contribution in [2.24, 2.45) is 11.8 Å². The molecule has 0 unspecified atom stereocenters. The molecule has 1 fully saturated rings. The Morgan fingerprint density at radius 3 is 2.32 bits per heavy atom. The molecule has 1 N–H and O–H groups in total. The standard InChI is InChI=1S/C13H10F6N2O3S/c14-12(15,16)8-5-21(4-7(8)11(23)24)10(22)6-2-1-3-20-9(6)25-13(17,18)19/h1-3,7-8H,4-5H2,(H,23,24)/t7-,8-/m1/s1. The number of pyridine rings is 1. The van der Waals surface area contributed by atoms with Gasteiger partial charge in [0.05, 0.1) is 17.4 Å². The number of likely N-dealkylation sites (tertiary alicyclic amines) is 1. The summed E-state index contributed by atoms with van der Waals surface area (Å²) in [5.41, 5.74) is -5.27. The van der Waals surface area contributed by atoms with E-state index < -0.39 is 70.8 Å². The van der Waals surface area contributed by atoms with E-state index in [0.717, 1.165) is 12.3 Å². The first-order chi connectivity index (χ1) is 11.4. The Balaban J connectivity index is 2.29. The van der Waals surface area contributed by atoms with Crippen molar-refractivity contribution >= 4 is 23.6 Å². The summed E-state index contributed by atoms with van der Waals surface area (Å²) in [4.78, 5) is 27.4. The molecule has 2 heterocycles. The molecule has 1 aromatic rings. The van der Waals surface area contributed by atoms with Crippen molar-refractivity contribution in [1.29, 1.82) is 0 Å². The molecule has 1 aliphatic heterocycles. The Labute approximate surface area is 141 Å². The zero-order valence-electron chi connectivity index (χ0n) is 12.1. The van der Waals surface area contributed by atoms with Gasteiger partial charge in [0.1, 0.15) is 5.03 Å². The molecule has 0 radical (unpaired) electrons. The average Bonchev–Trinajstić information content (AvgIpc) is 2.91. The van der Waals surface area contributed by atoms with Crippen LogP contribution in [0, 0.1) is 11.8 Å². The summed E-state index contributed by atoms with van der Waals surface area (Å²) >= 11 is -0.669. The molecule has 1 amide bonds. The summed E-state index contributed by atoms with van der Waals surface area (Å²) in [7, 11) is 0. The van der Waals surface area contributed by atoms with E-state index in [1.54, 1.807) is 0 Å². The Bertz CT molecular complexity index is 678. The number of aromatic nitrogens is 1. The summed E-state index contributed by atoms with van der Waals surface area (Å²) in [6.07, 6.45) is -3.84. The molecule has 1 aliphatic rings. The van der Waals surface area contributed by atoms with Crippen molar-refractivity contribution in [1.82, 2.24) is 9.88 Å². The fraction of sp³-hybridized carbons (Fsp3) is 0.462. The van der Waals surface area contributed by atoms with E-state index >= 15 is 0 Å². The van der Waals surface area contributed by atoms with Gasteiger partial charge in [-0.25, -0.2) is 4.98 Å². The second kappa shape index (κ2) is 6.73. The molecule has 0 aliphatic carbocycles. The topological polar surface area (TPSA) is 70.5 Å². The minimum Gasteiger partial charge on any atom is -0.481 e. The number of carbonyl (C=O) groups is 2. The molecule has 0 bridgehead atoms. The molecule has 1 aromatic heterocycles. The van der Waals surface area contributed by atoms with Crippen molar-refractivity contribution in [2.45, 2.75) is 16.7 Å². The van der Waals surface area contributed by atoms with Crippen LogP contribution in [0.5, 0.6) is 0 Å². The van der Waals surface area contributed by atoms with E-state index in [1.165, 1.54) is 6.07 Å². The molecule has 0 spiro atoms. The maximum Gasteiger partial charge on any atom is 0.447 e. The van der Waals surface area contributed by atoms with Crippen LogP contribution < -0.4 is 0 Å². The van der Waals surface area contributed by atoms with Gasteiger partial charge in [0.2, 0.25) is 0 Å². The molecule has 1 saturated heterocycles. The lowest BCUT2D eigenvalue weighted by Gasteiger charge is -2.19. The molecule has 0 aromatic carbocycles. The summed E-state index contributed by atoms with van der Waals surface area (Å²) in [5, 5.41) is 8.22. The molecule has 138 valence electrons. The lowest BCUT2D eigenvalue weighted by Crippen LogP contribution is -2.34. The zero-order valence-corrected chi connectivity index (χ0v) is 13.0. The molecular weight excluding hydrogens is 378 g/mol. The van der Waals surface area contributed by atoms with Gasteiger partial charge in [0.25, 0.3) is 5.91 Å². The number of rotatable bonds is 3. The molecule has 5 nitrogen and oxygen atoms in total. The average molecular weight is 388 g/mol. The summed E-state index contributed by atoms with van der Waals surface area (Å²) in [6, 6.07) is 2.17. The van der Waals surface area contributed by atoms with Crippen LogP contribution in [0.3, 0.4) is 0 Å². The first-order valence-electron chi connectivity index (χ1n) is 6.69. The second-order valence-electron chi connectivity index (χ2n) is 5.21. The number of nitrogens with zero attached hydrogens (tertiary/aromatic N) is 2. The first-order valence-corrected chi connectivity index (χ1v) is 7.51. The number of hydrogen-bond acceptors (Lipinski definition) is 4. The first kappa shape index (κ1) is 19.3. The van der Waals surface area contributed by atoms with Crippen LogP contribution in [0.15, 0.2) is 23.4 Å². The molecular formula is C13H10F6N2O3S. The van der Waals surface area contributed by atoms with Gasteiger partial charge in [-0.15, -0.1) is 0 Å². The van der Waals surface area contributed by atoms with E-state index in [1.807, 2.05) is 0 Å². The van der Waals surface area contributed by atoms with Gasteiger partial charge in [-0.1, -0.05) is 0 Å². The summed E-state index contributed by atoms with van der Waals surface area (Å²) < 4.78 is 76.4. The minimum absolute atomic E-state index is 0.531. The largest absolute Gasteiger partial charge is 0.481 e. The predicted octanol–water partition coefficient (Wildman–Crippen LogP) is 3.03. The monoisotopic (exact) mass is 388 g/mol. The van der Waals surface area contributed by atoms with Gasteiger partial charge in [-0.2, -0.15) is 26.3 Å². The van der Waals surface area contributed by atoms with Crippen LogP contribution in [-0.4, -0.2) is 51.6 Å². The maximum absolute atomic E-state index is 12.9. The van der Waals surface area contributed by atoms with Crippen LogP contribution in [0.2, 0.25) is 0 Å². The molecule has 12 heteroatoms. The number of aliphatic carboxylic acids is 1. The SMILES string of the molecule is O=C(O)[C@@H]1CN(C(=O)c2cccnc2SC(F)(F)F)C[C@H]1C(F)(F)F. The molecule has 2 atom stereocenters. The number of halogens is 6. The van der Waals surface area contributed by atoms with E-state index in [9.17, 15) is 35.9 Å². The number of carbonyl (C=O) groups excluding carboxylic acids is 1. The normalized spacial score (nSPS) is 21.4. The van der Waals surface area contributed by atoms with Gasteiger partial charge in [0, 0.05) is 31.0 Å². The predicted molar refractivity (Wildman–Crippen MR) is 72.7 cm³/mol. The number of carboxylic acids is 1. The van der Waals surface area contributed by atoms with Crippen molar-refractivity contribution in [2.75, 3.05) is 13.1 Å². The van der Waals surface area contributed by atoms with E-state index in [-0.39, 0.29) is 0 Å². The van der Waals surface area contributed by atoms with Crippen LogP contribution in [0.4, 0.5) is 26.3 Å². The summed E-state index contributed by atoms with van der Waals surface area (Å²) in [6.45, 7) is -1.69. The highest BCUT2D eigenvalue weighted by Crippen LogP contribution is 2.40. The smallest absolute Gasteiger partial charge is 0.447 e. The van der Waals surface area contributed by atoms with E-state index in [2.05, 4.69) is 4.98 Å².